The van der Waals surface area contributed by atoms with Crippen LogP contribution in [0.1, 0.15) is 69.1 Å². The fraction of sp³-hybridized carbons (Fsp3) is 0.619. The predicted octanol–water partition coefficient (Wildman–Crippen LogP) is 4.35. The van der Waals surface area contributed by atoms with Gasteiger partial charge in [-0.1, -0.05) is 6.42 Å². The maximum atomic E-state index is 12.8. The van der Waals surface area contributed by atoms with E-state index in [9.17, 15) is 4.79 Å². The molecule has 1 aliphatic rings. The molecular formula is C21H31N3O2. The number of carbonyl (C=O) groups is 1. The third-order valence-electron chi connectivity index (χ3n) is 5.02. The highest BCUT2D eigenvalue weighted by Gasteiger charge is 2.27. The quantitative estimate of drug-likeness (QED) is 0.764. The van der Waals surface area contributed by atoms with Gasteiger partial charge in [0, 0.05) is 29.9 Å². The van der Waals surface area contributed by atoms with Gasteiger partial charge in [0.15, 0.2) is 0 Å². The topological polar surface area (TPSA) is 47.4 Å². The molecule has 0 amide bonds. The number of aromatic nitrogens is 2. The molecule has 1 aliphatic heterocycles. The zero-order chi connectivity index (χ0) is 18.9. The Morgan fingerprint density at radius 1 is 1.27 bits per heavy atom. The zero-order valence-electron chi connectivity index (χ0n) is 16.7. The molecule has 1 atom stereocenters. The van der Waals surface area contributed by atoms with E-state index in [0.717, 1.165) is 36.4 Å². The van der Waals surface area contributed by atoms with E-state index in [1.807, 2.05) is 39.8 Å². The van der Waals surface area contributed by atoms with Crippen molar-refractivity contribution in [1.82, 2.24) is 14.5 Å². The molecule has 0 aromatic carbocycles. The Labute approximate surface area is 156 Å². The van der Waals surface area contributed by atoms with Crippen LogP contribution >= 0.6 is 0 Å². The third-order valence-corrected chi connectivity index (χ3v) is 5.02. The summed E-state index contributed by atoms with van der Waals surface area (Å²) in [4.78, 5) is 20.0. The fourth-order valence-corrected chi connectivity index (χ4v) is 3.98. The van der Waals surface area contributed by atoms with Gasteiger partial charge in [-0.2, -0.15) is 0 Å². The van der Waals surface area contributed by atoms with E-state index in [-0.39, 0.29) is 12.0 Å². The van der Waals surface area contributed by atoms with Crippen LogP contribution in [0.2, 0.25) is 0 Å². The van der Waals surface area contributed by atoms with Crippen LogP contribution in [0.25, 0.3) is 11.0 Å². The van der Waals surface area contributed by atoms with Crippen molar-refractivity contribution < 1.29 is 9.53 Å². The SMILES string of the molecule is Cc1c(C(=O)OC(C)(C)C)c2cccnc2n1C(C)CN1CCCCC1. The number of pyridine rings is 1. The molecule has 0 saturated carbocycles. The second-order valence-electron chi connectivity index (χ2n) is 8.42. The monoisotopic (exact) mass is 357 g/mol. The molecule has 0 spiro atoms. The van der Waals surface area contributed by atoms with E-state index in [4.69, 9.17) is 4.74 Å². The lowest BCUT2D eigenvalue weighted by molar-refractivity contribution is 0.00707. The van der Waals surface area contributed by atoms with Crippen molar-refractivity contribution in [2.24, 2.45) is 0 Å². The van der Waals surface area contributed by atoms with Gasteiger partial charge in [-0.3, -0.25) is 0 Å². The smallest absolute Gasteiger partial charge is 0.341 e. The number of ether oxygens (including phenoxy) is 1. The van der Waals surface area contributed by atoms with E-state index < -0.39 is 5.60 Å². The molecule has 1 unspecified atom stereocenters. The van der Waals surface area contributed by atoms with E-state index in [1.165, 1.54) is 19.3 Å². The first-order chi connectivity index (χ1) is 12.3. The maximum absolute atomic E-state index is 12.8. The molecule has 3 rings (SSSR count). The number of rotatable bonds is 4. The van der Waals surface area contributed by atoms with Crippen LogP contribution in [0.5, 0.6) is 0 Å². The second kappa shape index (κ2) is 7.39. The lowest BCUT2D eigenvalue weighted by Gasteiger charge is -2.30. The molecule has 0 radical (unpaired) electrons. The summed E-state index contributed by atoms with van der Waals surface area (Å²) in [7, 11) is 0. The fourth-order valence-electron chi connectivity index (χ4n) is 3.98. The van der Waals surface area contributed by atoms with Gasteiger partial charge in [-0.05, 0) is 72.7 Å². The lowest BCUT2D eigenvalue weighted by Crippen LogP contribution is -2.34. The Morgan fingerprint density at radius 3 is 2.62 bits per heavy atom. The van der Waals surface area contributed by atoms with E-state index >= 15 is 0 Å². The standard InChI is InChI=1S/C21H31N3O2/c1-15(14-23-12-7-6-8-13-23)24-16(2)18(20(25)26-21(3,4)5)17-10-9-11-22-19(17)24/h9-11,15H,6-8,12-14H2,1-5H3. The Bertz CT molecular complexity index is 782. The summed E-state index contributed by atoms with van der Waals surface area (Å²) in [5.41, 5.74) is 1.95. The Kier molecular flexibility index (Phi) is 5.37. The molecule has 5 nitrogen and oxygen atoms in total. The van der Waals surface area contributed by atoms with Crippen molar-refractivity contribution >= 4 is 17.0 Å². The van der Waals surface area contributed by atoms with Crippen molar-refractivity contribution in [2.45, 2.75) is 65.5 Å². The normalized spacial score (nSPS) is 17.4. The van der Waals surface area contributed by atoms with Crippen LogP contribution < -0.4 is 0 Å². The summed E-state index contributed by atoms with van der Waals surface area (Å²) < 4.78 is 7.88. The van der Waals surface area contributed by atoms with E-state index in [1.54, 1.807) is 6.20 Å². The highest BCUT2D eigenvalue weighted by molar-refractivity contribution is 6.05. The number of fused-ring (bicyclic) bond motifs is 1. The lowest BCUT2D eigenvalue weighted by atomic mass is 10.1. The minimum absolute atomic E-state index is 0.252. The van der Waals surface area contributed by atoms with Gasteiger partial charge in [-0.15, -0.1) is 0 Å². The van der Waals surface area contributed by atoms with Gasteiger partial charge in [0.1, 0.15) is 11.2 Å². The molecule has 3 heterocycles. The van der Waals surface area contributed by atoms with E-state index in [2.05, 4.69) is 21.4 Å². The van der Waals surface area contributed by atoms with Crippen molar-refractivity contribution in [3.05, 3.63) is 29.6 Å². The summed E-state index contributed by atoms with van der Waals surface area (Å²) in [6, 6.07) is 4.11. The highest BCUT2D eigenvalue weighted by atomic mass is 16.6. The first-order valence-electron chi connectivity index (χ1n) is 9.69. The molecule has 5 heteroatoms. The number of esters is 1. The first kappa shape index (κ1) is 18.9. The number of hydrogen-bond acceptors (Lipinski definition) is 4. The van der Waals surface area contributed by atoms with Crippen LogP contribution in [0, 0.1) is 6.92 Å². The van der Waals surface area contributed by atoms with Crippen LogP contribution in [-0.2, 0) is 4.74 Å². The van der Waals surface area contributed by atoms with Crippen LogP contribution in [-0.4, -0.2) is 45.7 Å². The molecule has 0 aliphatic carbocycles. The van der Waals surface area contributed by atoms with Gasteiger partial charge >= 0.3 is 5.97 Å². The number of likely N-dealkylation sites (tertiary alicyclic amines) is 1. The summed E-state index contributed by atoms with van der Waals surface area (Å²) in [5.74, 6) is -0.267. The summed E-state index contributed by atoms with van der Waals surface area (Å²) in [5, 5.41) is 0.879. The summed E-state index contributed by atoms with van der Waals surface area (Å²) in [6.07, 6.45) is 5.69. The molecule has 0 bridgehead atoms. The summed E-state index contributed by atoms with van der Waals surface area (Å²) >= 11 is 0. The Hall–Kier alpha value is -1.88. The molecule has 0 N–H and O–H groups in total. The average molecular weight is 357 g/mol. The van der Waals surface area contributed by atoms with Gasteiger partial charge < -0.3 is 14.2 Å². The van der Waals surface area contributed by atoms with Crippen molar-refractivity contribution in [1.29, 1.82) is 0 Å². The highest BCUT2D eigenvalue weighted by Crippen LogP contribution is 2.30. The van der Waals surface area contributed by atoms with Gasteiger partial charge in [0.05, 0.1) is 5.56 Å². The average Bonchev–Trinajstić information content (AvgIpc) is 2.86. The first-order valence-corrected chi connectivity index (χ1v) is 9.69. The van der Waals surface area contributed by atoms with Gasteiger partial charge in [0.2, 0.25) is 0 Å². The Morgan fingerprint density at radius 2 is 1.96 bits per heavy atom. The molecular weight excluding hydrogens is 326 g/mol. The van der Waals surface area contributed by atoms with Crippen molar-refractivity contribution in [3.63, 3.8) is 0 Å². The van der Waals surface area contributed by atoms with E-state index in [0.29, 0.717) is 5.56 Å². The van der Waals surface area contributed by atoms with Crippen LogP contribution in [0.15, 0.2) is 18.3 Å². The molecule has 2 aromatic rings. The molecule has 2 aromatic heterocycles. The molecule has 142 valence electrons. The number of piperidine rings is 1. The van der Waals surface area contributed by atoms with Gasteiger partial charge in [-0.25, -0.2) is 9.78 Å². The largest absolute Gasteiger partial charge is 0.456 e. The van der Waals surface area contributed by atoms with Crippen molar-refractivity contribution in [3.8, 4) is 0 Å². The molecule has 1 fully saturated rings. The number of hydrogen-bond donors (Lipinski definition) is 0. The second-order valence-corrected chi connectivity index (χ2v) is 8.42. The number of nitrogens with zero attached hydrogens (tertiary/aromatic N) is 3. The van der Waals surface area contributed by atoms with Gasteiger partial charge in [0.25, 0.3) is 0 Å². The number of carbonyl (C=O) groups excluding carboxylic acids is 1. The predicted molar refractivity (Wildman–Crippen MR) is 105 cm³/mol. The summed E-state index contributed by atoms with van der Waals surface area (Å²) in [6.45, 7) is 13.2. The zero-order valence-corrected chi connectivity index (χ0v) is 16.7. The minimum Gasteiger partial charge on any atom is -0.456 e. The molecule has 1 saturated heterocycles. The van der Waals surface area contributed by atoms with Crippen LogP contribution in [0.4, 0.5) is 0 Å². The molecule has 26 heavy (non-hydrogen) atoms. The van der Waals surface area contributed by atoms with Crippen molar-refractivity contribution in [2.75, 3.05) is 19.6 Å². The maximum Gasteiger partial charge on any atom is 0.341 e. The Balaban J connectivity index is 1.97. The third kappa shape index (κ3) is 3.93. The minimum atomic E-state index is -0.514. The van der Waals surface area contributed by atoms with Crippen LogP contribution in [0.3, 0.4) is 0 Å².